The first kappa shape index (κ1) is 32.8. The fourth-order valence-electron chi connectivity index (χ4n) is 5.19. The lowest BCUT2D eigenvalue weighted by atomic mass is 9.82. The molecule has 0 saturated heterocycles. The molecule has 1 aromatic heterocycles. The monoisotopic (exact) mass is 671 g/mol. The second-order valence-electron chi connectivity index (χ2n) is 10.9. The van der Waals surface area contributed by atoms with E-state index in [1.807, 2.05) is 36.4 Å². The predicted octanol–water partition coefficient (Wildman–Crippen LogP) is 8.26. The molecule has 0 bridgehead atoms. The fourth-order valence-corrected chi connectivity index (χ4v) is 6.50. The molecule has 0 amide bonds. The van der Waals surface area contributed by atoms with Gasteiger partial charge in [-0.05, 0) is 92.1 Å². The van der Waals surface area contributed by atoms with Crippen LogP contribution in [0.1, 0.15) is 36.8 Å². The second kappa shape index (κ2) is 13.0. The smallest absolute Gasteiger partial charge is 0.354 e. The Bertz CT molecular complexity index is 1730. The molecule has 1 saturated carbocycles. The maximum absolute atomic E-state index is 13.2. The Kier molecular flexibility index (Phi) is 9.47. The highest BCUT2D eigenvalue weighted by Crippen LogP contribution is 2.37. The molecule has 4 aromatic rings. The lowest BCUT2D eigenvalue weighted by Crippen LogP contribution is -2.32. The first-order valence-electron chi connectivity index (χ1n) is 14.0. The summed E-state index contributed by atoms with van der Waals surface area (Å²) in [5.41, 5.74) is -1.83. The summed E-state index contributed by atoms with van der Waals surface area (Å²) < 4.78 is 107. The molecule has 15 heteroatoms. The summed E-state index contributed by atoms with van der Waals surface area (Å²) in [6, 6.07) is 15.1. The summed E-state index contributed by atoms with van der Waals surface area (Å²) in [4.78, 5) is 8.20. The molecule has 0 aliphatic heterocycles. The zero-order valence-corrected chi connectivity index (χ0v) is 25.1. The van der Waals surface area contributed by atoms with Crippen molar-refractivity contribution in [2.24, 2.45) is 11.8 Å². The number of benzene rings is 3. The molecule has 0 atom stereocenters. The van der Waals surface area contributed by atoms with Crippen LogP contribution >= 0.6 is 11.6 Å². The van der Waals surface area contributed by atoms with E-state index in [2.05, 4.69) is 25.3 Å². The van der Waals surface area contributed by atoms with E-state index in [9.17, 15) is 34.8 Å². The number of halogens is 7. The van der Waals surface area contributed by atoms with Crippen molar-refractivity contribution in [1.82, 2.24) is 14.7 Å². The number of anilines is 3. The first-order valence-corrected chi connectivity index (χ1v) is 15.9. The minimum absolute atomic E-state index is 0.103. The predicted molar refractivity (Wildman–Crippen MR) is 160 cm³/mol. The fraction of sp³-hybridized carbons (Fsp3) is 0.333. The molecule has 240 valence electrons. The highest BCUT2D eigenvalue weighted by Gasteiger charge is 2.38. The molecule has 7 nitrogen and oxygen atoms in total. The van der Waals surface area contributed by atoms with Crippen LogP contribution in [0.15, 0.2) is 71.6 Å². The van der Waals surface area contributed by atoms with Gasteiger partial charge < -0.3 is 10.6 Å². The lowest BCUT2D eigenvalue weighted by Gasteiger charge is -2.28. The van der Waals surface area contributed by atoms with Crippen LogP contribution in [-0.2, 0) is 22.4 Å². The quantitative estimate of drug-likeness (QED) is 0.155. The number of aromatic nitrogens is 2. The Morgan fingerprint density at radius 2 is 1.36 bits per heavy atom. The van der Waals surface area contributed by atoms with Crippen LogP contribution in [0.5, 0.6) is 0 Å². The Morgan fingerprint density at radius 3 is 1.96 bits per heavy atom. The number of para-hydroxylation sites is 1. The summed E-state index contributed by atoms with van der Waals surface area (Å²) in [5, 5.41) is 8.03. The number of nitrogens with one attached hydrogen (secondary N) is 3. The van der Waals surface area contributed by atoms with Crippen molar-refractivity contribution in [3.63, 3.8) is 0 Å². The molecule has 1 aliphatic rings. The molecule has 0 radical (unpaired) electrons. The van der Waals surface area contributed by atoms with Crippen LogP contribution in [0, 0.1) is 11.8 Å². The van der Waals surface area contributed by atoms with E-state index in [1.54, 1.807) is 12.1 Å². The van der Waals surface area contributed by atoms with Crippen LogP contribution in [0.4, 0.5) is 43.8 Å². The number of nitrogens with zero attached hydrogens (tertiary/aromatic N) is 2. The number of fused-ring (bicyclic) bond motifs is 1. The number of hydrogen-bond acceptors (Lipinski definition) is 6. The van der Waals surface area contributed by atoms with Crippen LogP contribution in [-0.4, -0.2) is 31.5 Å². The van der Waals surface area contributed by atoms with Crippen LogP contribution in [0.3, 0.4) is 0 Å². The van der Waals surface area contributed by atoms with Gasteiger partial charge in [-0.25, -0.2) is 18.1 Å². The Labute approximate surface area is 260 Å². The summed E-state index contributed by atoms with van der Waals surface area (Å²) in [6.45, 7) is 0.454. The average Bonchev–Trinajstić information content (AvgIpc) is 2.99. The van der Waals surface area contributed by atoms with Crippen LogP contribution in [0.2, 0.25) is 5.02 Å². The molecule has 1 fully saturated rings. The lowest BCUT2D eigenvalue weighted by molar-refractivity contribution is -0.143. The topological polar surface area (TPSA) is 96.0 Å². The Morgan fingerprint density at radius 1 is 0.778 bits per heavy atom. The Balaban J connectivity index is 1.18. The van der Waals surface area contributed by atoms with Crippen molar-refractivity contribution in [2.75, 3.05) is 23.7 Å². The minimum Gasteiger partial charge on any atom is -0.354 e. The van der Waals surface area contributed by atoms with Crippen LogP contribution in [0.25, 0.3) is 10.9 Å². The van der Waals surface area contributed by atoms with Gasteiger partial charge in [-0.15, -0.1) is 0 Å². The van der Waals surface area contributed by atoms with Gasteiger partial charge in [0.05, 0.1) is 21.5 Å². The third-order valence-electron chi connectivity index (χ3n) is 7.66. The average molecular weight is 672 g/mol. The SMILES string of the molecule is O=S(=O)(NC[C@H]1CC[C@H](CNc2nc(Nc3ccc(Cl)cc3)c3ccccc3n2)CC1)c1cc(C(F)(F)F)cc(C(F)(F)F)c1. The molecule has 1 aliphatic carbocycles. The van der Waals surface area contributed by atoms with Gasteiger partial charge in [0.25, 0.3) is 0 Å². The number of rotatable bonds is 9. The molecular weight excluding hydrogens is 644 g/mol. The summed E-state index contributed by atoms with van der Waals surface area (Å²) in [7, 11) is -4.62. The first-order chi connectivity index (χ1) is 21.2. The highest BCUT2D eigenvalue weighted by atomic mass is 35.5. The maximum Gasteiger partial charge on any atom is 0.416 e. The van der Waals surface area contributed by atoms with Gasteiger partial charge in [0.2, 0.25) is 16.0 Å². The van der Waals surface area contributed by atoms with Gasteiger partial charge >= 0.3 is 12.4 Å². The van der Waals surface area contributed by atoms with Crippen molar-refractivity contribution in [3.8, 4) is 0 Å². The van der Waals surface area contributed by atoms with E-state index in [-0.39, 0.29) is 36.6 Å². The van der Waals surface area contributed by atoms with Crippen LogP contribution < -0.4 is 15.4 Å². The maximum atomic E-state index is 13.2. The van der Waals surface area contributed by atoms with Gasteiger partial charge in [-0.1, -0.05) is 23.7 Å². The minimum atomic E-state index is -5.15. The second-order valence-corrected chi connectivity index (χ2v) is 13.1. The van der Waals surface area contributed by atoms with Gasteiger partial charge in [0.15, 0.2) is 0 Å². The number of sulfonamides is 1. The van der Waals surface area contributed by atoms with Crippen molar-refractivity contribution < 1.29 is 34.8 Å². The molecular formula is C30H28ClF6N5O2S. The van der Waals surface area contributed by atoms with Gasteiger partial charge in [0, 0.05) is 29.2 Å². The van der Waals surface area contributed by atoms with Crippen molar-refractivity contribution >= 4 is 50.0 Å². The molecule has 3 N–H and O–H groups in total. The third kappa shape index (κ3) is 8.35. The summed E-state index contributed by atoms with van der Waals surface area (Å²) in [6.07, 6.45) is -7.61. The van der Waals surface area contributed by atoms with Crippen molar-refractivity contribution in [1.29, 1.82) is 0 Å². The van der Waals surface area contributed by atoms with Gasteiger partial charge in [0.1, 0.15) is 5.82 Å². The van der Waals surface area contributed by atoms with Crippen molar-refractivity contribution in [2.45, 2.75) is 42.9 Å². The zero-order chi connectivity index (χ0) is 32.4. The molecule has 0 unspecified atom stereocenters. The third-order valence-corrected chi connectivity index (χ3v) is 9.31. The largest absolute Gasteiger partial charge is 0.416 e. The summed E-state index contributed by atoms with van der Waals surface area (Å²) in [5.74, 6) is 1.14. The standard InChI is InChI=1S/C30H28ClF6N5O2S/c31-22-9-11-23(12-10-22)40-27-25-3-1-2-4-26(25)41-28(42-27)38-16-18-5-7-19(8-6-18)17-39-45(43,44)24-14-20(29(32,33)34)13-21(15-24)30(35,36)37/h1-4,9-15,18-19,39H,5-8,16-17H2,(H2,38,40,41,42)/t18-,19-. The normalized spacial score (nSPS) is 17.8. The number of alkyl halides is 6. The molecule has 5 rings (SSSR count). The van der Waals surface area contributed by atoms with Gasteiger partial charge in [-0.2, -0.15) is 31.3 Å². The van der Waals surface area contributed by atoms with Gasteiger partial charge in [-0.3, -0.25) is 0 Å². The van der Waals surface area contributed by atoms with E-state index < -0.39 is 38.4 Å². The van der Waals surface area contributed by atoms with E-state index in [4.69, 9.17) is 11.6 Å². The van der Waals surface area contributed by atoms with E-state index in [0.717, 1.165) is 29.4 Å². The van der Waals surface area contributed by atoms with E-state index in [0.29, 0.717) is 36.2 Å². The zero-order valence-electron chi connectivity index (χ0n) is 23.5. The van der Waals surface area contributed by atoms with E-state index in [1.165, 1.54) is 0 Å². The summed E-state index contributed by atoms with van der Waals surface area (Å²) >= 11 is 6.00. The van der Waals surface area contributed by atoms with E-state index >= 15 is 0 Å². The Hall–Kier alpha value is -3.62. The molecule has 0 spiro atoms. The molecule has 45 heavy (non-hydrogen) atoms. The number of hydrogen-bond donors (Lipinski definition) is 3. The molecule has 1 heterocycles. The molecule has 3 aromatic carbocycles. The van der Waals surface area contributed by atoms with Crippen molar-refractivity contribution in [3.05, 3.63) is 82.9 Å². The highest BCUT2D eigenvalue weighted by molar-refractivity contribution is 7.89.